The Morgan fingerprint density at radius 2 is 1.64 bits per heavy atom. The summed E-state index contributed by atoms with van der Waals surface area (Å²) < 4.78 is 0. The van der Waals surface area contributed by atoms with E-state index < -0.39 is 0 Å². The molecule has 0 bridgehead atoms. The Morgan fingerprint density at radius 1 is 0.857 bits per heavy atom. The summed E-state index contributed by atoms with van der Waals surface area (Å²) in [6.07, 6.45) is 1.78. The Bertz CT molecular complexity index is 462. The number of hydrogen-bond acceptors (Lipinski definition) is 0. The minimum atomic E-state index is 0.523. The lowest BCUT2D eigenvalue weighted by molar-refractivity contribution is 1.40. The fourth-order valence-corrected chi connectivity index (χ4v) is 1.75. The van der Waals surface area contributed by atoms with E-state index in [9.17, 15) is 0 Å². The van der Waals surface area contributed by atoms with Gasteiger partial charge in [0.1, 0.15) is 0 Å². The molecule has 0 aliphatic carbocycles. The summed E-state index contributed by atoms with van der Waals surface area (Å²) in [4.78, 5) is 3.03. The van der Waals surface area contributed by atoms with E-state index in [1.165, 1.54) is 0 Å². The Kier molecular flexibility index (Phi) is 2.73. The molecule has 72 valence electrons. The molecule has 1 nitrogen and oxygen atoms in total. The molecule has 0 unspecified atom stereocenters. The molecule has 0 saturated carbocycles. The van der Waals surface area contributed by atoms with Crippen LogP contribution in [0, 0.1) is 0 Å². The molecule has 0 radical (unpaired) electrons. The van der Waals surface area contributed by atoms with E-state index in [0.717, 1.165) is 11.3 Å². The highest BCUT2D eigenvalue weighted by molar-refractivity contribution is 6.42. The van der Waals surface area contributed by atoms with Gasteiger partial charge in [0.15, 0.2) is 0 Å². The number of halogens is 3. The van der Waals surface area contributed by atoms with Crippen LogP contribution in [0.4, 0.5) is 0 Å². The lowest BCUT2D eigenvalue weighted by atomic mass is 10.1. The zero-order valence-corrected chi connectivity index (χ0v) is 9.29. The zero-order chi connectivity index (χ0) is 10.1. The van der Waals surface area contributed by atoms with E-state index in [-0.39, 0.29) is 0 Å². The van der Waals surface area contributed by atoms with Gasteiger partial charge in [0.25, 0.3) is 0 Å². The van der Waals surface area contributed by atoms with Gasteiger partial charge in [0.2, 0.25) is 0 Å². The smallest absolute Gasteiger partial charge is 0.0661 e. The standard InChI is InChI=1S/C10H6Cl3N/c11-7-2-1-6(5-9(7)13)10-8(12)3-4-14-10/h1-5,14H. The zero-order valence-electron chi connectivity index (χ0n) is 7.02. The van der Waals surface area contributed by atoms with Crippen molar-refractivity contribution in [2.24, 2.45) is 0 Å². The van der Waals surface area contributed by atoms with Gasteiger partial charge in [-0.1, -0.05) is 40.9 Å². The molecule has 4 heteroatoms. The number of benzene rings is 1. The van der Waals surface area contributed by atoms with Gasteiger partial charge in [-0.15, -0.1) is 0 Å². The quantitative estimate of drug-likeness (QED) is 0.754. The van der Waals surface area contributed by atoms with Gasteiger partial charge in [-0.25, -0.2) is 0 Å². The minimum Gasteiger partial charge on any atom is -0.360 e. The second-order valence-electron chi connectivity index (χ2n) is 2.83. The number of aromatic nitrogens is 1. The van der Waals surface area contributed by atoms with Crippen LogP contribution in [0.5, 0.6) is 0 Å². The van der Waals surface area contributed by atoms with Gasteiger partial charge < -0.3 is 4.98 Å². The van der Waals surface area contributed by atoms with Crippen LogP contribution in [-0.2, 0) is 0 Å². The van der Waals surface area contributed by atoms with Crippen molar-refractivity contribution >= 4 is 34.8 Å². The molecule has 2 aromatic rings. The summed E-state index contributed by atoms with van der Waals surface area (Å²) in [5.74, 6) is 0. The van der Waals surface area contributed by atoms with Crippen LogP contribution < -0.4 is 0 Å². The molecule has 0 fully saturated rings. The molecular weight excluding hydrogens is 240 g/mol. The lowest BCUT2D eigenvalue weighted by Crippen LogP contribution is -1.78. The molecule has 0 spiro atoms. The first-order valence-corrected chi connectivity index (χ1v) is 5.10. The SMILES string of the molecule is Clc1ccc(-c2[nH]ccc2Cl)cc1Cl. The molecule has 1 heterocycles. The Morgan fingerprint density at radius 3 is 2.21 bits per heavy atom. The average molecular weight is 247 g/mol. The first kappa shape index (κ1) is 9.91. The molecule has 0 amide bonds. The van der Waals surface area contributed by atoms with Gasteiger partial charge in [-0.3, -0.25) is 0 Å². The second-order valence-corrected chi connectivity index (χ2v) is 4.05. The summed E-state index contributed by atoms with van der Waals surface area (Å²) in [6, 6.07) is 7.18. The number of nitrogens with one attached hydrogen (secondary N) is 1. The monoisotopic (exact) mass is 245 g/mol. The van der Waals surface area contributed by atoms with Crippen molar-refractivity contribution in [3.8, 4) is 11.3 Å². The van der Waals surface area contributed by atoms with Crippen LogP contribution in [0.25, 0.3) is 11.3 Å². The van der Waals surface area contributed by atoms with Crippen molar-refractivity contribution in [2.45, 2.75) is 0 Å². The molecule has 2 rings (SSSR count). The Balaban J connectivity index is 2.53. The van der Waals surface area contributed by atoms with Gasteiger partial charge in [0, 0.05) is 11.8 Å². The van der Waals surface area contributed by atoms with Crippen LogP contribution >= 0.6 is 34.8 Å². The highest BCUT2D eigenvalue weighted by Gasteiger charge is 2.06. The molecule has 0 saturated heterocycles. The fraction of sp³-hybridized carbons (Fsp3) is 0. The molecule has 0 atom stereocenters. The minimum absolute atomic E-state index is 0.523. The van der Waals surface area contributed by atoms with Crippen LogP contribution in [0.2, 0.25) is 15.1 Å². The third kappa shape index (κ3) is 1.76. The van der Waals surface area contributed by atoms with E-state index in [1.54, 1.807) is 24.4 Å². The maximum atomic E-state index is 5.96. The number of aromatic amines is 1. The van der Waals surface area contributed by atoms with Crippen LogP contribution in [0.3, 0.4) is 0 Å². The summed E-state index contributed by atoms with van der Waals surface area (Å²) >= 11 is 17.7. The highest BCUT2D eigenvalue weighted by atomic mass is 35.5. The van der Waals surface area contributed by atoms with Gasteiger partial charge in [-0.05, 0) is 18.2 Å². The van der Waals surface area contributed by atoms with Crippen molar-refractivity contribution < 1.29 is 0 Å². The lowest BCUT2D eigenvalue weighted by Gasteiger charge is -2.01. The maximum Gasteiger partial charge on any atom is 0.0661 e. The third-order valence-electron chi connectivity index (χ3n) is 1.90. The Hall–Kier alpha value is -0.630. The number of hydrogen-bond donors (Lipinski definition) is 1. The van der Waals surface area contributed by atoms with E-state index in [0.29, 0.717) is 15.1 Å². The summed E-state index contributed by atoms with van der Waals surface area (Å²) in [7, 11) is 0. The van der Waals surface area contributed by atoms with Crippen molar-refractivity contribution in [1.29, 1.82) is 0 Å². The maximum absolute atomic E-state index is 5.96. The summed E-state index contributed by atoms with van der Waals surface area (Å²) in [6.45, 7) is 0. The predicted octanol–water partition coefficient (Wildman–Crippen LogP) is 4.64. The normalized spacial score (nSPS) is 10.5. The van der Waals surface area contributed by atoms with Crippen LogP contribution in [0.1, 0.15) is 0 Å². The largest absolute Gasteiger partial charge is 0.360 e. The average Bonchev–Trinajstić information content (AvgIpc) is 2.57. The topological polar surface area (TPSA) is 15.8 Å². The number of rotatable bonds is 1. The van der Waals surface area contributed by atoms with E-state index in [2.05, 4.69) is 4.98 Å². The van der Waals surface area contributed by atoms with Crippen LogP contribution in [-0.4, -0.2) is 4.98 Å². The summed E-state index contributed by atoms with van der Waals surface area (Å²) in [5.41, 5.74) is 1.78. The Labute approximate surface area is 96.6 Å². The first-order valence-electron chi connectivity index (χ1n) is 3.97. The van der Waals surface area contributed by atoms with Crippen LogP contribution in [0.15, 0.2) is 30.5 Å². The molecule has 0 aliphatic rings. The summed E-state index contributed by atoms with van der Waals surface area (Å²) in [5, 5.41) is 1.73. The molecule has 0 aliphatic heterocycles. The first-order chi connectivity index (χ1) is 6.68. The molecule has 1 aromatic heterocycles. The fourth-order valence-electron chi connectivity index (χ4n) is 1.22. The van der Waals surface area contributed by atoms with Crippen molar-refractivity contribution in [3.63, 3.8) is 0 Å². The van der Waals surface area contributed by atoms with E-state index in [4.69, 9.17) is 34.8 Å². The molecule has 1 aromatic carbocycles. The van der Waals surface area contributed by atoms with Crippen molar-refractivity contribution in [2.75, 3.05) is 0 Å². The van der Waals surface area contributed by atoms with Crippen molar-refractivity contribution in [1.82, 2.24) is 4.98 Å². The molecule has 1 N–H and O–H groups in total. The number of H-pyrrole nitrogens is 1. The van der Waals surface area contributed by atoms with E-state index >= 15 is 0 Å². The molecular formula is C10H6Cl3N. The van der Waals surface area contributed by atoms with E-state index in [1.807, 2.05) is 6.07 Å². The molecule has 14 heavy (non-hydrogen) atoms. The van der Waals surface area contributed by atoms with Crippen molar-refractivity contribution in [3.05, 3.63) is 45.5 Å². The van der Waals surface area contributed by atoms with Gasteiger partial charge in [0.05, 0.1) is 20.8 Å². The predicted molar refractivity (Wildman–Crippen MR) is 61.3 cm³/mol. The third-order valence-corrected chi connectivity index (χ3v) is 2.96. The van der Waals surface area contributed by atoms with Gasteiger partial charge in [-0.2, -0.15) is 0 Å². The van der Waals surface area contributed by atoms with Gasteiger partial charge >= 0.3 is 0 Å². The second kappa shape index (κ2) is 3.85. The highest BCUT2D eigenvalue weighted by Crippen LogP contribution is 2.31.